The lowest BCUT2D eigenvalue weighted by Crippen LogP contribution is -2.08. The van der Waals surface area contributed by atoms with Gasteiger partial charge in [0.25, 0.3) is 0 Å². The minimum Gasteiger partial charge on any atom is -0.492 e. The Kier molecular flexibility index (Phi) is 5.16. The van der Waals surface area contributed by atoms with Gasteiger partial charge in [-0.05, 0) is 23.1 Å². The minimum atomic E-state index is -3.53. The number of benzene rings is 3. The Morgan fingerprint density at radius 3 is 2.52 bits per heavy atom. The van der Waals surface area contributed by atoms with Gasteiger partial charge in [-0.1, -0.05) is 42.5 Å². The number of anilines is 1. The van der Waals surface area contributed by atoms with Crippen LogP contribution in [-0.4, -0.2) is 20.9 Å². The quantitative estimate of drug-likeness (QED) is 0.522. The molecule has 0 aliphatic heterocycles. The number of halogens is 1. The molecular formula is C19H18ClNO3S. The smallest absolute Gasteiger partial charge is 0.183 e. The molecule has 0 radical (unpaired) electrons. The van der Waals surface area contributed by atoms with Gasteiger partial charge in [0, 0.05) is 17.1 Å². The van der Waals surface area contributed by atoms with Gasteiger partial charge in [-0.2, -0.15) is 0 Å². The van der Waals surface area contributed by atoms with Crippen LogP contribution >= 0.6 is 11.6 Å². The van der Waals surface area contributed by atoms with Gasteiger partial charge in [-0.15, -0.1) is 11.6 Å². The topological polar surface area (TPSA) is 69.4 Å². The second kappa shape index (κ2) is 7.33. The maximum Gasteiger partial charge on any atom is 0.183 e. The highest BCUT2D eigenvalue weighted by Crippen LogP contribution is 2.28. The van der Waals surface area contributed by atoms with Crippen LogP contribution in [0.5, 0.6) is 5.75 Å². The first-order chi connectivity index (χ1) is 12.0. The lowest BCUT2D eigenvalue weighted by atomic mass is 10.1. The largest absolute Gasteiger partial charge is 0.492 e. The number of nitrogens with two attached hydrogens (primary N) is 1. The Hall–Kier alpha value is -2.24. The summed E-state index contributed by atoms with van der Waals surface area (Å²) < 4.78 is 31.2. The van der Waals surface area contributed by atoms with Crippen molar-refractivity contribution >= 4 is 37.9 Å². The number of rotatable bonds is 6. The molecule has 3 aromatic carbocycles. The van der Waals surface area contributed by atoms with Gasteiger partial charge >= 0.3 is 0 Å². The molecule has 0 spiro atoms. The van der Waals surface area contributed by atoms with Crippen LogP contribution in [0, 0.1) is 0 Å². The van der Waals surface area contributed by atoms with Crippen molar-refractivity contribution in [3.63, 3.8) is 0 Å². The van der Waals surface area contributed by atoms with Crippen molar-refractivity contribution in [2.24, 2.45) is 0 Å². The maximum absolute atomic E-state index is 12.9. The minimum absolute atomic E-state index is 0.164. The summed E-state index contributed by atoms with van der Waals surface area (Å²) in [7, 11) is -3.53. The molecule has 0 bridgehead atoms. The molecular weight excluding hydrogens is 358 g/mol. The van der Waals surface area contributed by atoms with Crippen molar-refractivity contribution in [3.8, 4) is 5.75 Å². The molecule has 130 valence electrons. The molecule has 0 heterocycles. The first-order valence-corrected chi connectivity index (χ1v) is 9.97. The van der Waals surface area contributed by atoms with Crippen LogP contribution in [-0.2, 0) is 15.6 Å². The average Bonchev–Trinajstić information content (AvgIpc) is 2.61. The molecule has 0 atom stereocenters. The van der Waals surface area contributed by atoms with Crippen LogP contribution < -0.4 is 10.5 Å². The molecule has 4 nitrogen and oxygen atoms in total. The van der Waals surface area contributed by atoms with E-state index in [1.807, 2.05) is 30.3 Å². The Balaban J connectivity index is 1.93. The summed E-state index contributed by atoms with van der Waals surface area (Å²) in [6, 6.07) is 17.7. The van der Waals surface area contributed by atoms with Crippen LogP contribution in [0.3, 0.4) is 0 Å². The van der Waals surface area contributed by atoms with Gasteiger partial charge in [0.15, 0.2) is 9.84 Å². The molecule has 3 rings (SSSR count). The monoisotopic (exact) mass is 375 g/mol. The van der Waals surface area contributed by atoms with Gasteiger partial charge in [0.1, 0.15) is 12.4 Å². The van der Waals surface area contributed by atoms with E-state index in [4.69, 9.17) is 22.1 Å². The summed E-state index contributed by atoms with van der Waals surface area (Å²) in [4.78, 5) is 0.312. The number of alkyl halides is 1. The van der Waals surface area contributed by atoms with E-state index < -0.39 is 9.84 Å². The molecule has 0 saturated heterocycles. The van der Waals surface area contributed by atoms with E-state index in [0.717, 1.165) is 5.39 Å². The molecule has 0 unspecified atom stereocenters. The van der Waals surface area contributed by atoms with Crippen LogP contribution in [0.1, 0.15) is 5.56 Å². The summed E-state index contributed by atoms with van der Waals surface area (Å²) in [6.07, 6.45) is 0. The molecule has 0 amide bonds. The first-order valence-electron chi connectivity index (χ1n) is 7.79. The van der Waals surface area contributed by atoms with E-state index in [1.54, 1.807) is 30.3 Å². The molecule has 0 aromatic heterocycles. The highest BCUT2D eigenvalue weighted by molar-refractivity contribution is 7.90. The fourth-order valence-electron chi connectivity index (χ4n) is 2.70. The number of hydrogen-bond donors (Lipinski definition) is 1. The maximum atomic E-state index is 12.9. The fraction of sp³-hybridized carbons (Fsp3) is 0.158. The van der Waals surface area contributed by atoms with Gasteiger partial charge < -0.3 is 10.5 Å². The normalized spacial score (nSPS) is 11.6. The number of ether oxygens (including phenoxy) is 1. The third-order valence-electron chi connectivity index (χ3n) is 3.89. The van der Waals surface area contributed by atoms with Crippen LogP contribution in [0.4, 0.5) is 5.69 Å². The molecule has 2 N–H and O–H groups in total. The zero-order valence-corrected chi connectivity index (χ0v) is 15.1. The zero-order valence-electron chi connectivity index (χ0n) is 13.5. The number of hydrogen-bond acceptors (Lipinski definition) is 4. The highest BCUT2D eigenvalue weighted by Gasteiger charge is 2.19. The van der Waals surface area contributed by atoms with E-state index in [0.29, 0.717) is 39.8 Å². The van der Waals surface area contributed by atoms with E-state index in [2.05, 4.69) is 0 Å². The standard InChI is InChI=1S/C19H18ClNO3S/c20-10-11-24-16-9-8-15(18(21)12-16)13-25(22,23)19-7-3-5-14-4-1-2-6-17(14)19/h1-9,12H,10-11,13,21H2. The van der Waals surface area contributed by atoms with Crippen molar-refractivity contribution in [1.29, 1.82) is 0 Å². The number of sulfone groups is 1. The third-order valence-corrected chi connectivity index (χ3v) is 5.76. The van der Waals surface area contributed by atoms with E-state index in [1.165, 1.54) is 0 Å². The Labute approximate surface area is 152 Å². The van der Waals surface area contributed by atoms with Gasteiger partial charge in [0.05, 0.1) is 16.5 Å². The second-order valence-electron chi connectivity index (χ2n) is 5.63. The fourth-order valence-corrected chi connectivity index (χ4v) is 4.41. The Bertz CT molecular complexity index is 997. The summed E-state index contributed by atoms with van der Waals surface area (Å²) in [5.74, 6) is 0.782. The summed E-state index contributed by atoms with van der Waals surface area (Å²) in [6.45, 7) is 0.370. The molecule has 25 heavy (non-hydrogen) atoms. The van der Waals surface area contributed by atoms with E-state index >= 15 is 0 Å². The van der Waals surface area contributed by atoms with Crippen molar-refractivity contribution in [2.75, 3.05) is 18.2 Å². The lowest BCUT2D eigenvalue weighted by molar-refractivity contribution is 0.343. The summed E-state index contributed by atoms with van der Waals surface area (Å²) in [5.41, 5.74) is 6.95. The van der Waals surface area contributed by atoms with Gasteiger partial charge in [0.2, 0.25) is 0 Å². The van der Waals surface area contributed by atoms with Gasteiger partial charge in [-0.3, -0.25) is 0 Å². The lowest BCUT2D eigenvalue weighted by Gasteiger charge is -2.11. The second-order valence-corrected chi connectivity index (χ2v) is 7.97. The average molecular weight is 376 g/mol. The molecule has 3 aromatic rings. The van der Waals surface area contributed by atoms with E-state index in [-0.39, 0.29) is 5.75 Å². The SMILES string of the molecule is Nc1cc(OCCCl)ccc1CS(=O)(=O)c1cccc2ccccc12. The third kappa shape index (κ3) is 3.89. The number of fused-ring (bicyclic) bond motifs is 1. The summed E-state index contributed by atoms with van der Waals surface area (Å²) >= 11 is 5.59. The van der Waals surface area contributed by atoms with Crippen LogP contribution in [0.25, 0.3) is 10.8 Å². The van der Waals surface area contributed by atoms with E-state index in [9.17, 15) is 8.42 Å². The molecule has 6 heteroatoms. The van der Waals surface area contributed by atoms with Crippen molar-refractivity contribution < 1.29 is 13.2 Å². The Morgan fingerprint density at radius 2 is 1.76 bits per heavy atom. The molecule has 0 saturated carbocycles. The van der Waals surface area contributed by atoms with Gasteiger partial charge in [-0.25, -0.2) is 8.42 Å². The molecule has 0 fully saturated rings. The predicted molar refractivity (Wildman–Crippen MR) is 102 cm³/mol. The molecule has 0 aliphatic rings. The molecule has 0 aliphatic carbocycles. The van der Waals surface area contributed by atoms with Crippen molar-refractivity contribution in [1.82, 2.24) is 0 Å². The highest BCUT2D eigenvalue weighted by atomic mass is 35.5. The summed E-state index contributed by atoms with van der Waals surface area (Å²) in [5, 5.41) is 1.60. The van der Waals surface area contributed by atoms with Crippen molar-refractivity contribution in [2.45, 2.75) is 10.6 Å². The number of nitrogen functional groups attached to an aromatic ring is 1. The zero-order chi connectivity index (χ0) is 17.9. The Morgan fingerprint density at radius 1 is 1.00 bits per heavy atom. The van der Waals surface area contributed by atoms with Crippen LogP contribution in [0.15, 0.2) is 65.6 Å². The predicted octanol–water partition coefficient (Wildman–Crippen LogP) is 4.01. The van der Waals surface area contributed by atoms with Crippen molar-refractivity contribution in [3.05, 3.63) is 66.2 Å². The first kappa shape index (κ1) is 17.6. The van der Waals surface area contributed by atoms with Crippen LogP contribution in [0.2, 0.25) is 0 Å².